The number of alkyl halides is 3. The van der Waals surface area contributed by atoms with Gasteiger partial charge < -0.3 is 15.0 Å². The standard InChI is InChI=1S/C26H22F3N5O4S/c1-2-30-25(38)33-21-8-16(23-32-20(12-39-23)26(27,28)29)17(9-31-21)14-5-6-15-19(7-14)34(10-13-3-4-13)11-18(22(15)35)24(36)37/h5-9,11-13H,2-4,10H2,1H3,(H,36,37)(H2,30,31,33,38). The summed E-state index contributed by atoms with van der Waals surface area (Å²) in [5.41, 5.74) is -0.233. The number of aromatic nitrogens is 3. The molecule has 4 aromatic rings. The lowest BCUT2D eigenvalue weighted by Crippen LogP contribution is -2.28. The first-order valence-corrected chi connectivity index (χ1v) is 12.9. The van der Waals surface area contributed by atoms with E-state index in [9.17, 15) is 32.7 Å². The monoisotopic (exact) mass is 557 g/mol. The Kier molecular flexibility index (Phi) is 6.85. The molecule has 5 rings (SSSR count). The highest BCUT2D eigenvalue weighted by Gasteiger charge is 2.34. The third-order valence-corrected chi connectivity index (χ3v) is 7.16. The molecule has 1 fully saturated rings. The van der Waals surface area contributed by atoms with Crippen LogP contribution in [0.5, 0.6) is 0 Å². The number of pyridine rings is 2. The summed E-state index contributed by atoms with van der Waals surface area (Å²) in [4.78, 5) is 44.7. The highest BCUT2D eigenvalue weighted by atomic mass is 32.1. The topological polar surface area (TPSA) is 126 Å². The van der Waals surface area contributed by atoms with E-state index in [1.54, 1.807) is 23.6 Å². The summed E-state index contributed by atoms with van der Waals surface area (Å²) >= 11 is 0.800. The molecular formula is C26H22F3N5O4S. The van der Waals surface area contributed by atoms with Crippen LogP contribution in [0.2, 0.25) is 0 Å². The Labute approximate surface area is 223 Å². The van der Waals surface area contributed by atoms with Crippen LogP contribution in [0, 0.1) is 5.92 Å². The van der Waals surface area contributed by atoms with Crippen molar-refractivity contribution in [3.05, 3.63) is 63.5 Å². The number of fused-ring (bicyclic) bond motifs is 1. The van der Waals surface area contributed by atoms with Crippen molar-refractivity contribution in [2.75, 3.05) is 11.9 Å². The first-order valence-electron chi connectivity index (χ1n) is 12.0. The maximum atomic E-state index is 13.3. The van der Waals surface area contributed by atoms with E-state index in [0.717, 1.165) is 29.6 Å². The summed E-state index contributed by atoms with van der Waals surface area (Å²) in [5.74, 6) is -0.837. The maximum Gasteiger partial charge on any atom is 0.434 e. The number of rotatable bonds is 7. The average molecular weight is 558 g/mol. The SMILES string of the molecule is CCNC(=O)Nc1cc(-c2nc(C(F)(F)F)cs2)c(-c2ccc3c(=O)c(C(=O)O)cn(CC4CC4)c3c2)cn1. The van der Waals surface area contributed by atoms with Crippen molar-refractivity contribution in [2.45, 2.75) is 32.5 Å². The van der Waals surface area contributed by atoms with Crippen molar-refractivity contribution in [2.24, 2.45) is 5.92 Å². The summed E-state index contributed by atoms with van der Waals surface area (Å²) in [6.07, 6.45) is 0.115. The van der Waals surface area contributed by atoms with E-state index in [4.69, 9.17) is 0 Å². The average Bonchev–Trinajstić information content (AvgIpc) is 3.55. The Bertz CT molecular complexity index is 1660. The molecule has 0 aliphatic heterocycles. The number of amides is 2. The third kappa shape index (κ3) is 5.48. The summed E-state index contributed by atoms with van der Waals surface area (Å²) in [6.45, 7) is 2.63. The number of carbonyl (C=O) groups is 2. The normalized spacial score (nSPS) is 13.4. The molecule has 3 N–H and O–H groups in total. The molecule has 1 saturated carbocycles. The smallest absolute Gasteiger partial charge is 0.434 e. The zero-order valence-corrected chi connectivity index (χ0v) is 21.3. The van der Waals surface area contributed by atoms with Gasteiger partial charge in [-0.05, 0) is 49.4 Å². The van der Waals surface area contributed by atoms with Gasteiger partial charge in [0.2, 0.25) is 5.43 Å². The number of halogens is 3. The molecule has 202 valence electrons. The van der Waals surface area contributed by atoms with Crippen LogP contribution in [0.1, 0.15) is 35.8 Å². The van der Waals surface area contributed by atoms with E-state index < -0.39 is 29.3 Å². The van der Waals surface area contributed by atoms with Gasteiger partial charge in [-0.25, -0.2) is 19.6 Å². The van der Waals surface area contributed by atoms with Crippen LogP contribution in [-0.2, 0) is 12.7 Å². The summed E-state index contributed by atoms with van der Waals surface area (Å²) in [6, 6.07) is 5.71. The highest BCUT2D eigenvalue weighted by molar-refractivity contribution is 7.13. The number of aromatic carboxylic acids is 1. The molecule has 3 heterocycles. The molecule has 0 spiro atoms. The molecule has 0 bridgehead atoms. The van der Waals surface area contributed by atoms with Gasteiger partial charge in [0.15, 0.2) is 5.69 Å². The summed E-state index contributed by atoms with van der Waals surface area (Å²) in [5, 5.41) is 15.8. The van der Waals surface area contributed by atoms with Gasteiger partial charge in [-0.2, -0.15) is 13.2 Å². The number of nitrogens with one attached hydrogen (secondary N) is 2. The first-order chi connectivity index (χ1) is 18.5. The van der Waals surface area contributed by atoms with Crippen molar-refractivity contribution in [1.82, 2.24) is 19.9 Å². The van der Waals surface area contributed by atoms with Gasteiger partial charge >= 0.3 is 18.2 Å². The number of carboxylic acids is 1. The van der Waals surface area contributed by atoms with Crippen LogP contribution in [0.3, 0.4) is 0 Å². The lowest BCUT2D eigenvalue weighted by Gasteiger charge is -2.15. The van der Waals surface area contributed by atoms with Crippen LogP contribution in [0.15, 0.2) is 46.8 Å². The fraction of sp³-hybridized carbons (Fsp3) is 0.269. The van der Waals surface area contributed by atoms with Gasteiger partial charge in [0.1, 0.15) is 16.4 Å². The lowest BCUT2D eigenvalue weighted by atomic mass is 9.99. The van der Waals surface area contributed by atoms with Crippen molar-refractivity contribution in [3.63, 3.8) is 0 Å². The zero-order chi connectivity index (χ0) is 27.9. The van der Waals surface area contributed by atoms with Gasteiger partial charge in [-0.15, -0.1) is 11.3 Å². The highest BCUT2D eigenvalue weighted by Crippen LogP contribution is 2.39. The number of nitrogens with zero attached hydrogens (tertiary/aromatic N) is 3. The largest absolute Gasteiger partial charge is 0.477 e. The fourth-order valence-electron chi connectivity index (χ4n) is 4.22. The maximum absolute atomic E-state index is 13.3. The van der Waals surface area contributed by atoms with Gasteiger partial charge in [0, 0.05) is 47.4 Å². The Balaban J connectivity index is 1.67. The fourth-order valence-corrected chi connectivity index (χ4v) is 5.08. The van der Waals surface area contributed by atoms with E-state index in [1.165, 1.54) is 24.5 Å². The molecule has 0 unspecified atom stereocenters. The lowest BCUT2D eigenvalue weighted by molar-refractivity contribution is -0.140. The van der Waals surface area contributed by atoms with E-state index in [1.807, 2.05) is 0 Å². The van der Waals surface area contributed by atoms with Crippen molar-refractivity contribution in [3.8, 4) is 21.7 Å². The summed E-state index contributed by atoms with van der Waals surface area (Å²) in [7, 11) is 0. The quantitative estimate of drug-likeness (QED) is 0.277. The van der Waals surface area contributed by atoms with E-state index >= 15 is 0 Å². The van der Waals surface area contributed by atoms with Crippen molar-refractivity contribution in [1.29, 1.82) is 0 Å². The van der Waals surface area contributed by atoms with Crippen molar-refractivity contribution < 1.29 is 27.9 Å². The molecular weight excluding hydrogens is 535 g/mol. The van der Waals surface area contributed by atoms with Gasteiger partial charge in [-0.3, -0.25) is 10.1 Å². The van der Waals surface area contributed by atoms with E-state index in [2.05, 4.69) is 20.6 Å². The Morgan fingerprint density at radius 2 is 1.97 bits per heavy atom. The molecule has 1 aliphatic carbocycles. The predicted molar refractivity (Wildman–Crippen MR) is 140 cm³/mol. The van der Waals surface area contributed by atoms with Crippen LogP contribution in [0.25, 0.3) is 32.6 Å². The minimum atomic E-state index is -4.63. The number of urea groups is 1. The second-order valence-electron chi connectivity index (χ2n) is 9.14. The molecule has 0 saturated heterocycles. The second-order valence-corrected chi connectivity index (χ2v) is 10.00. The molecule has 0 atom stereocenters. The summed E-state index contributed by atoms with van der Waals surface area (Å²) < 4.78 is 41.7. The number of hydrogen-bond acceptors (Lipinski definition) is 6. The Morgan fingerprint density at radius 1 is 1.21 bits per heavy atom. The van der Waals surface area contributed by atoms with Crippen LogP contribution >= 0.6 is 11.3 Å². The predicted octanol–water partition coefficient (Wildman–Crippen LogP) is 5.46. The number of anilines is 1. The van der Waals surface area contributed by atoms with Gasteiger partial charge in [0.05, 0.1) is 5.52 Å². The second kappa shape index (κ2) is 10.1. The molecule has 39 heavy (non-hydrogen) atoms. The Morgan fingerprint density at radius 3 is 2.62 bits per heavy atom. The van der Waals surface area contributed by atoms with Crippen molar-refractivity contribution >= 4 is 40.1 Å². The molecule has 2 amide bonds. The van der Waals surface area contributed by atoms with E-state index in [0.29, 0.717) is 41.2 Å². The van der Waals surface area contributed by atoms with Gasteiger partial charge in [-0.1, -0.05) is 6.07 Å². The molecule has 1 aliphatic rings. The zero-order valence-electron chi connectivity index (χ0n) is 20.5. The van der Waals surface area contributed by atoms with Gasteiger partial charge in [0.25, 0.3) is 0 Å². The number of carbonyl (C=O) groups excluding carboxylic acids is 1. The molecule has 13 heteroatoms. The first kappa shape index (κ1) is 26.4. The molecule has 1 aromatic carbocycles. The Hall–Kier alpha value is -4.26. The van der Waals surface area contributed by atoms with E-state index in [-0.39, 0.29) is 21.8 Å². The number of hydrogen-bond donors (Lipinski definition) is 3. The molecule has 3 aromatic heterocycles. The number of benzene rings is 1. The molecule has 9 nitrogen and oxygen atoms in total. The third-order valence-electron chi connectivity index (χ3n) is 6.28. The molecule has 0 radical (unpaired) electrons. The number of thiazole rings is 1. The minimum absolute atomic E-state index is 0.0652. The number of carboxylic acid groups (broad SMARTS) is 1. The van der Waals surface area contributed by atoms with Crippen LogP contribution in [0.4, 0.5) is 23.8 Å². The van der Waals surface area contributed by atoms with Crippen LogP contribution < -0.4 is 16.1 Å². The minimum Gasteiger partial charge on any atom is -0.477 e. The van der Waals surface area contributed by atoms with Crippen LogP contribution in [-0.4, -0.2) is 38.2 Å².